The largest absolute Gasteiger partial charge is 0.371 e. The zero-order valence-electron chi connectivity index (χ0n) is 9.10. The number of nitrogens with two attached hydrogens (primary N) is 2. The van der Waals surface area contributed by atoms with Crippen molar-refractivity contribution in [3.05, 3.63) is 24.0 Å². The highest BCUT2D eigenvalue weighted by Crippen LogP contribution is 2.23. The van der Waals surface area contributed by atoms with Gasteiger partial charge < -0.3 is 16.4 Å². The topological polar surface area (TPSA) is 85.2 Å². The molecular formula is C11H16N4O. The number of carbonyl (C=O) groups is 1. The molecule has 2 rings (SSSR count). The van der Waals surface area contributed by atoms with Gasteiger partial charge in [-0.2, -0.15) is 0 Å². The molecule has 1 atom stereocenters. The van der Waals surface area contributed by atoms with Crippen LogP contribution in [0.2, 0.25) is 0 Å². The zero-order valence-corrected chi connectivity index (χ0v) is 9.10. The van der Waals surface area contributed by atoms with Gasteiger partial charge in [0.25, 0.3) is 5.91 Å². The van der Waals surface area contributed by atoms with Crippen molar-refractivity contribution in [2.45, 2.75) is 6.42 Å². The molecule has 0 bridgehead atoms. The molecule has 1 unspecified atom stereocenters. The number of amides is 1. The fourth-order valence-corrected chi connectivity index (χ4v) is 2.01. The molecule has 16 heavy (non-hydrogen) atoms. The zero-order chi connectivity index (χ0) is 11.5. The number of nitrogens with zero attached hydrogens (tertiary/aromatic N) is 2. The molecule has 0 saturated carbocycles. The van der Waals surface area contributed by atoms with E-state index in [-0.39, 0.29) is 0 Å². The van der Waals surface area contributed by atoms with E-state index in [1.807, 2.05) is 6.07 Å². The van der Waals surface area contributed by atoms with Crippen molar-refractivity contribution in [1.82, 2.24) is 4.98 Å². The fourth-order valence-electron chi connectivity index (χ4n) is 2.01. The molecule has 1 aromatic rings. The van der Waals surface area contributed by atoms with E-state index in [1.165, 1.54) is 0 Å². The lowest BCUT2D eigenvalue weighted by atomic mass is 10.1. The van der Waals surface area contributed by atoms with Crippen LogP contribution in [0.3, 0.4) is 0 Å². The van der Waals surface area contributed by atoms with Gasteiger partial charge in [0.05, 0.1) is 0 Å². The Balaban J connectivity index is 2.15. The first-order chi connectivity index (χ1) is 7.70. The van der Waals surface area contributed by atoms with Gasteiger partial charge in [-0.3, -0.25) is 9.78 Å². The first kappa shape index (κ1) is 10.9. The summed E-state index contributed by atoms with van der Waals surface area (Å²) in [6, 6.07) is 3.63. The summed E-state index contributed by atoms with van der Waals surface area (Å²) in [5, 5.41) is 0. The molecule has 5 heteroatoms. The summed E-state index contributed by atoms with van der Waals surface area (Å²) < 4.78 is 0. The summed E-state index contributed by atoms with van der Waals surface area (Å²) in [5.74, 6) is 0.0571. The second-order valence-corrected chi connectivity index (χ2v) is 4.10. The van der Waals surface area contributed by atoms with E-state index < -0.39 is 5.91 Å². The molecule has 1 fully saturated rings. The number of hydrogen-bond donors (Lipinski definition) is 2. The number of carbonyl (C=O) groups excluding carboxylic acids is 1. The quantitative estimate of drug-likeness (QED) is 0.748. The van der Waals surface area contributed by atoms with E-state index >= 15 is 0 Å². The van der Waals surface area contributed by atoms with Crippen LogP contribution >= 0.6 is 0 Å². The Kier molecular flexibility index (Phi) is 3.05. The van der Waals surface area contributed by atoms with Crippen LogP contribution in [0.1, 0.15) is 16.9 Å². The van der Waals surface area contributed by atoms with Gasteiger partial charge in [0.2, 0.25) is 0 Å². The Labute approximate surface area is 94.4 Å². The molecule has 4 N–H and O–H groups in total. The van der Waals surface area contributed by atoms with Crippen molar-refractivity contribution >= 4 is 11.6 Å². The molecule has 0 spiro atoms. The highest BCUT2D eigenvalue weighted by Gasteiger charge is 2.21. The molecule has 1 saturated heterocycles. The summed E-state index contributed by atoms with van der Waals surface area (Å²) in [6.45, 7) is 2.63. The third-order valence-corrected chi connectivity index (χ3v) is 2.98. The van der Waals surface area contributed by atoms with Crippen molar-refractivity contribution in [1.29, 1.82) is 0 Å². The smallest absolute Gasteiger partial charge is 0.267 e. The van der Waals surface area contributed by atoms with Gasteiger partial charge in [0, 0.05) is 25.0 Å². The molecule has 2 heterocycles. The molecule has 1 aliphatic heterocycles. The number of rotatable bonds is 3. The van der Waals surface area contributed by atoms with Gasteiger partial charge >= 0.3 is 0 Å². The van der Waals surface area contributed by atoms with Crippen molar-refractivity contribution < 1.29 is 4.79 Å². The second kappa shape index (κ2) is 4.49. The predicted octanol–water partition coefficient (Wildman–Crippen LogP) is -0.0345. The van der Waals surface area contributed by atoms with E-state index in [4.69, 9.17) is 11.5 Å². The lowest BCUT2D eigenvalue weighted by Crippen LogP contribution is -2.23. The van der Waals surface area contributed by atoms with E-state index in [0.717, 1.165) is 25.2 Å². The normalized spacial score (nSPS) is 20.1. The van der Waals surface area contributed by atoms with Crippen LogP contribution in [0.5, 0.6) is 0 Å². The molecule has 1 aromatic heterocycles. The van der Waals surface area contributed by atoms with Gasteiger partial charge in [-0.25, -0.2) is 0 Å². The Morgan fingerprint density at radius 1 is 1.62 bits per heavy atom. The molecule has 0 radical (unpaired) electrons. The number of anilines is 1. The highest BCUT2D eigenvalue weighted by molar-refractivity contribution is 5.91. The summed E-state index contributed by atoms with van der Waals surface area (Å²) >= 11 is 0. The van der Waals surface area contributed by atoms with Gasteiger partial charge in [0.15, 0.2) is 0 Å². The molecule has 0 aliphatic carbocycles. The number of pyridine rings is 1. The van der Waals surface area contributed by atoms with E-state index in [0.29, 0.717) is 18.2 Å². The minimum Gasteiger partial charge on any atom is -0.371 e. The predicted molar refractivity (Wildman–Crippen MR) is 62.1 cm³/mol. The van der Waals surface area contributed by atoms with Crippen molar-refractivity contribution in [3.8, 4) is 0 Å². The Bertz CT molecular complexity index is 393. The minimum atomic E-state index is -0.489. The number of primary amides is 1. The van der Waals surface area contributed by atoms with Crippen LogP contribution in [0.15, 0.2) is 18.3 Å². The van der Waals surface area contributed by atoms with Crippen molar-refractivity contribution in [2.24, 2.45) is 17.4 Å². The monoisotopic (exact) mass is 220 g/mol. The number of aromatic nitrogens is 1. The standard InChI is InChI=1S/C11H16N4O/c12-6-8-2-4-15(7-8)9-1-3-14-10(5-9)11(13)16/h1,3,5,8H,2,4,6-7,12H2,(H2,13,16). The maximum absolute atomic E-state index is 11.0. The van der Waals surface area contributed by atoms with Gasteiger partial charge in [0.1, 0.15) is 5.69 Å². The fraction of sp³-hybridized carbons (Fsp3) is 0.455. The third-order valence-electron chi connectivity index (χ3n) is 2.98. The second-order valence-electron chi connectivity index (χ2n) is 4.10. The van der Waals surface area contributed by atoms with Crippen LogP contribution in [0.4, 0.5) is 5.69 Å². The van der Waals surface area contributed by atoms with E-state index in [1.54, 1.807) is 12.3 Å². The number of hydrogen-bond acceptors (Lipinski definition) is 4. The first-order valence-electron chi connectivity index (χ1n) is 5.41. The van der Waals surface area contributed by atoms with Crippen molar-refractivity contribution in [3.63, 3.8) is 0 Å². The lowest BCUT2D eigenvalue weighted by molar-refractivity contribution is 0.0995. The highest BCUT2D eigenvalue weighted by atomic mass is 16.1. The first-order valence-corrected chi connectivity index (χ1v) is 5.41. The summed E-state index contributed by atoms with van der Waals surface area (Å²) in [7, 11) is 0. The van der Waals surface area contributed by atoms with Crippen LogP contribution in [-0.4, -0.2) is 30.5 Å². The van der Waals surface area contributed by atoms with Crippen molar-refractivity contribution in [2.75, 3.05) is 24.5 Å². The van der Waals surface area contributed by atoms with Gasteiger partial charge in [-0.15, -0.1) is 0 Å². The molecule has 1 amide bonds. The van der Waals surface area contributed by atoms with E-state index in [2.05, 4.69) is 9.88 Å². The van der Waals surface area contributed by atoms with Crippen LogP contribution in [-0.2, 0) is 0 Å². The Morgan fingerprint density at radius 3 is 3.06 bits per heavy atom. The summed E-state index contributed by atoms with van der Waals surface area (Å²) in [4.78, 5) is 17.1. The molecule has 1 aliphatic rings. The van der Waals surface area contributed by atoms with Crippen LogP contribution < -0.4 is 16.4 Å². The van der Waals surface area contributed by atoms with Crippen LogP contribution in [0, 0.1) is 5.92 Å². The van der Waals surface area contributed by atoms with Crippen LogP contribution in [0.25, 0.3) is 0 Å². The minimum absolute atomic E-state index is 0.314. The molecule has 86 valence electrons. The molecule has 0 aromatic carbocycles. The van der Waals surface area contributed by atoms with E-state index in [9.17, 15) is 4.79 Å². The Morgan fingerprint density at radius 2 is 2.44 bits per heavy atom. The molecule has 5 nitrogen and oxygen atoms in total. The van der Waals surface area contributed by atoms with Gasteiger partial charge in [-0.1, -0.05) is 0 Å². The summed E-state index contributed by atoms with van der Waals surface area (Å²) in [5.41, 5.74) is 12.1. The average Bonchev–Trinajstić information content (AvgIpc) is 2.77. The lowest BCUT2D eigenvalue weighted by Gasteiger charge is -2.18. The Hall–Kier alpha value is -1.62. The maximum atomic E-state index is 11.0. The SMILES string of the molecule is NCC1CCN(c2ccnc(C(N)=O)c2)C1. The summed E-state index contributed by atoms with van der Waals surface area (Å²) in [6.07, 6.45) is 2.72. The third kappa shape index (κ3) is 2.14. The van der Waals surface area contributed by atoms with Gasteiger partial charge in [-0.05, 0) is 31.0 Å². The average molecular weight is 220 g/mol. The molecular weight excluding hydrogens is 204 g/mol. The maximum Gasteiger partial charge on any atom is 0.267 e.